The van der Waals surface area contributed by atoms with Gasteiger partial charge in [0.05, 0.1) is 103 Å². The van der Waals surface area contributed by atoms with E-state index in [-0.39, 0.29) is 11.2 Å². The predicted octanol–water partition coefficient (Wildman–Crippen LogP) is 26.8. The van der Waals surface area contributed by atoms with Gasteiger partial charge in [0.2, 0.25) is 0 Å². The second kappa shape index (κ2) is 29.3. The first-order valence-corrected chi connectivity index (χ1v) is 40.6. The highest BCUT2D eigenvalue weighted by Gasteiger charge is 2.51. The van der Waals surface area contributed by atoms with Gasteiger partial charge in [-0.25, -0.2) is 19.9 Å². The molecule has 0 aliphatic carbocycles. The van der Waals surface area contributed by atoms with Crippen molar-refractivity contribution >= 4 is 159 Å². The first-order valence-electron chi connectivity index (χ1n) is 39.8. The molecule has 10 nitrogen and oxygen atoms in total. The van der Waals surface area contributed by atoms with Crippen LogP contribution in [0.2, 0.25) is 0 Å². The molecule has 5 heterocycles. The average molecular weight is 1580 g/mol. The van der Waals surface area contributed by atoms with Gasteiger partial charge in [-0.1, -0.05) is 319 Å². The van der Waals surface area contributed by atoms with Gasteiger partial charge >= 0.3 is 7.12 Å². The van der Waals surface area contributed by atoms with Crippen molar-refractivity contribution in [3.05, 3.63) is 369 Å². The maximum atomic E-state index is 6.26. The summed E-state index contributed by atoms with van der Waals surface area (Å²) in [7, 11) is -0.409. The molecule has 1 fully saturated rings. The van der Waals surface area contributed by atoms with Crippen LogP contribution >= 0.6 is 15.9 Å². The van der Waals surface area contributed by atoms with Gasteiger partial charge in [-0.05, 0) is 146 Å². The summed E-state index contributed by atoms with van der Waals surface area (Å²) in [6.45, 7) is 8.28. The zero-order chi connectivity index (χ0) is 79.2. The Morgan fingerprint density at radius 2 is 0.415 bits per heavy atom. The number of halogens is 1. The first-order chi connectivity index (χ1) is 57.9. The third-order valence-corrected chi connectivity index (χ3v) is 24.1. The summed E-state index contributed by atoms with van der Waals surface area (Å²) in [5, 5.41) is 18.6. The van der Waals surface area contributed by atoms with Crippen LogP contribution < -0.4 is 5.46 Å². The first kappa shape index (κ1) is 71.6. The van der Waals surface area contributed by atoms with Gasteiger partial charge in [0.15, 0.2) is 0 Å². The Morgan fingerprint density at radius 1 is 0.212 bits per heavy atom. The molecule has 0 bridgehead atoms. The fourth-order valence-corrected chi connectivity index (χ4v) is 17.4. The van der Waals surface area contributed by atoms with Crippen molar-refractivity contribution in [3.8, 4) is 78.4 Å². The van der Waals surface area contributed by atoms with E-state index in [0.29, 0.717) is 0 Å². The van der Waals surface area contributed by atoms with E-state index in [0.717, 1.165) is 170 Å². The van der Waals surface area contributed by atoms with Crippen molar-refractivity contribution in [1.82, 2.24) is 39.9 Å². The summed E-state index contributed by atoms with van der Waals surface area (Å²) < 4.78 is 13.6. The van der Waals surface area contributed by atoms with Gasteiger partial charge in [-0.3, -0.25) is 19.9 Å². The lowest BCUT2D eigenvalue weighted by atomic mass is 9.78. The summed E-state index contributed by atoms with van der Waals surface area (Å²) in [5.41, 5.74) is 22.0. The van der Waals surface area contributed by atoms with Crippen molar-refractivity contribution in [2.24, 2.45) is 0 Å². The Labute approximate surface area is 689 Å². The van der Waals surface area contributed by atoms with Crippen LogP contribution in [0.3, 0.4) is 0 Å². The smallest absolute Gasteiger partial charge is 0.399 e. The molecule has 1 aliphatic rings. The van der Waals surface area contributed by atoms with Gasteiger partial charge in [-0.15, -0.1) is 0 Å². The Bertz CT molecular complexity index is 7470. The van der Waals surface area contributed by atoms with Gasteiger partial charge in [0, 0.05) is 69.8 Å². The average Bonchev–Trinajstić information content (AvgIpc) is 0.986. The summed E-state index contributed by atoms with van der Waals surface area (Å²) in [4.78, 5) is 40.4. The minimum absolute atomic E-state index is 0.379. The molecule has 22 aromatic rings. The molecule has 1 saturated heterocycles. The molecule has 0 N–H and O–H groups in total. The van der Waals surface area contributed by atoms with Crippen molar-refractivity contribution in [3.63, 3.8) is 0 Å². The number of hydrogen-bond acceptors (Lipinski definition) is 10. The fraction of sp³-hybridized carbons (Fsp3) is 0.0566. The molecular weight excluding hydrogens is 1510 g/mol. The highest BCUT2D eigenvalue weighted by Crippen LogP contribution is 2.43. The highest BCUT2D eigenvalue weighted by molar-refractivity contribution is 9.10. The van der Waals surface area contributed by atoms with Crippen LogP contribution in [0.1, 0.15) is 27.7 Å². The van der Waals surface area contributed by atoms with Crippen molar-refractivity contribution < 1.29 is 9.31 Å². The van der Waals surface area contributed by atoms with E-state index in [1.807, 2.05) is 43.0 Å². The number of hydrogen-bond donors (Lipinski definition) is 0. The number of fused-ring (bicyclic) bond motifs is 24. The zero-order valence-electron chi connectivity index (χ0n) is 65.0. The van der Waals surface area contributed by atoms with Crippen molar-refractivity contribution in [2.75, 3.05) is 0 Å². The van der Waals surface area contributed by atoms with Crippen LogP contribution in [0.15, 0.2) is 369 Å². The molecule has 0 amide bonds. The minimum Gasteiger partial charge on any atom is -0.399 e. The van der Waals surface area contributed by atoms with Crippen LogP contribution in [0.5, 0.6) is 0 Å². The lowest BCUT2D eigenvalue weighted by molar-refractivity contribution is 0.00578. The van der Waals surface area contributed by atoms with E-state index < -0.39 is 7.12 Å². The fourth-order valence-electron chi connectivity index (χ4n) is 17.0. The number of rotatable bonds is 8. The maximum Gasteiger partial charge on any atom is 0.494 e. The van der Waals surface area contributed by atoms with Gasteiger partial charge < -0.3 is 9.31 Å². The summed E-state index contributed by atoms with van der Waals surface area (Å²) in [6.07, 6.45) is 7.58. The lowest BCUT2D eigenvalue weighted by Gasteiger charge is -2.32. The maximum absolute atomic E-state index is 6.26. The van der Waals surface area contributed by atoms with E-state index in [2.05, 4.69) is 365 Å². The molecule has 0 radical (unpaired) electrons. The summed E-state index contributed by atoms with van der Waals surface area (Å²) >= 11 is 3.57. The molecule has 118 heavy (non-hydrogen) atoms. The van der Waals surface area contributed by atoms with Crippen LogP contribution in [-0.4, -0.2) is 58.2 Å². The standard InChI is InChI=1S/C50H30N4.C28H25BN2O2.C28H17BrN2/c1-5-22-41-37(18-1)39-20-3-7-24-43(39)49-47(41)51-29-45(53-49)35-16-10-14-33(27-35)31-12-9-13-32(26-31)34-15-11-17-36(28-34)46-30-52-48-42-23-6-2-19-38(42)40-21-4-8-25-44(40)50(48)54-46;1-27(2)28(3,4)33-29(32-27)19-11-9-10-18(16-19)24-17-30-25-22-14-7-5-12-20(22)21-13-6-8-15-23(21)26(25)31-24;29-21-10-6-8-19(16-21)18-7-5-9-20(15-18)26-17-30-27-24-13-3-1-11-22(24)23-12-2-4-14-25(23)28(27)31-26/h1-30H;5-17H,1-4H3;1-17H. The number of benzene rings is 18. The van der Waals surface area contributed by atoms with Crippen molar-refractivity contribution in [1.29, 1.82) is 0 Å². The largest absolute Gasteiger partial charge is 0.494 e. The number of aromatic nitrogens is 8. The molecule has 0 saturated carbocycles. The molecule has 23 rings (SSSR count). The summed E-state index contributed by atoms with van der Waals surface area (Å²) in [6, 6.07) is 119. The van der Waals surface area contributed by atoms with E-state index in [4.69, 9.17) is 49.2 Å². The lowest BCUT2D eigenvalue weighted by Crippen LogP contribution is -2.41. The van der Waals surface area contributed by atoms with Crippen LogP contribution in [0.4, 0.5) is 0 Å². The molecule has 0 spiro atoms. The van der Waals surface area contributed by atoms with Crippen molar-refractivity contribution in [2.45, 2.75) is 38.9 Å². The van der Waals surface area contributed by atoms with E-state index in [1.165, 1.54) is 48.7 Å². The predicted molar refractivity (Wildman–Crippen MR) is 493 cm³/mol. The zero-order valence-corrected chi connectivity index (χ0v) is 66.6. The number of nitrogens with zero attached hydrogens (tertiary/aromatic N) is 8. The van der Waals surface area contributed by atoms with Gasteiger partial charge in [-0.2, -0.15) is 0 Å². The molecule has 0 unspecified atom stereocenters. The molecule has 12 heteroatoms. The van der Waals surface area contributed by atoms with Crippen LogP contribution in [0, 0.1) is 0 Å². The van der Waals surface area contributed by atoms with E-state index in [9.17, 15) is 0 Å². The molecular formula is C106H72BBrN8O2. The highest BCUT2D eigenvalue weighted by atomic mass is 79.9. The Balaban J connectivity index is 0.000000117. The third-order valence-electron chi connectivity index (χ3n) is 23.6. The van der Waals surface area contributed by atoms with Gasteiger partial charge in [0.1, 0.15) is 0 Å². The van der Waals surface area contributed by atoms with E-state index in [1.54, 1.807) is 0 Å². The Morgan fingerprint density at radius 3 is 0.678 bits per heavy atom. The van der Waals surface area contributed by atoms with Gasteiger partial charge in [0.25, 0.3) is 0 Å². The third kappa shape index (κ3) is 12.8. The minimum atomic E-state index is -0.409. The van der Waals surface area contributed by atoms with Crippen LogP contribution in [0.25, 0.3) is 209 Å². The normalized spacial score (nSPS) is 13.2. The molecule has 0 atom stereocenters. The topological polar surface area (TPSA) is 122 Å². The molecule has 558 valence electrons. The van der Waals surface area contributed by atoms with Crippen LogP contribution in [-0.2, 0) is 9.31 Å². The second-order valence-corrected chi connectivity index (χ2v) is 32.1. The Kier molecular flexibility index (Phi) is 17.8. The van der Waals surface area contributed by atoms with E-state index >= 15 is 0 Å². The second-order valence-electron chi connectivity index (χ2n) is 31.2. The molecule has 1 aliphatic heterocycles. The summed E-state index contributed by atoms with van der Waals surface area (Å²) in [5.74, 6) is 0. The monoisotopic (exact) mass is 1580 g/mol. The Hall–Kier alpha value is -14.1. The SMILES string of the molecule is Brc1cccc(-c2cccc(-c3cnc4c5ccccc5c5ccccc5c4n3)c2)c1.CC1(C)OB(c2cccc(-c3cnc4c5ccccc5c5ccccc5c4n3)c2)OC1(C)C.c1cc(-c2cccc(-c3cnc4c5ccccc5c5ccccc5c4n3)c2)cc(-c2cccc(-c3cnc4c5ccccc5c5ccccc5c4n3)c2)c1. The molecule has 18 aromatic carbocycles. The molecule has 4 aromatic heterocycles. The quantitative estimate of drug-likeness (QED) is 0.107.